The Labute approximate surface area is 152 Å². The van der Waals surface area contributed by atoms with Crippen molar-refractivity contribution in [2.24, 2.45) is 0 Å². The zero-order valence-corrected chi connectivity index (χ0v) is 15.5. The van der Waals surface area contributed by atoms with E-state index in [1.807, 2.05) is 0 Å². The van der Waals surface area contributed by atoms with Crippen LogP contribution >= 0.6 is 23.9 Å². The Hall–Kier alpha value is -1.95. The van der Waals surface area contributed by atoms with Gasteiger partial charge in [0.1, 0.15) is 0 Å². The van der Waals surface area contributed by atoms with Crippen molar-refractivity contribution < 1.29 is 0 Å². The van der Waals surface area contributed by atoms with Crippen LogP contribution in [0.25, 0.3) is 10.8 Å². The summed E-state index contributed by atoms with van der Waals surface area (Å²) in [5, 5.41) is 6.64. The van der Waals surface area contributed by atoms with Gasteiger partial charge >= 0.3 is 0 Å². The first-order chi connectivity index (χ1) is 11.8. The normalized spacial score (nSPS) is 11.1. The molecule has 0 fully saturated rings. The molecule has 0 amide bonds. The fraction of sp³-hybridized carbons (Fsp3) is 0. The number of fused-ring (bicyclic) bond motifs is 1. The molecular weight excluding hydrogens is 375 g/mol. The molecule has 0 atom stereocenters. The Morgan fingerprint density at radius 3 is 1.71 bits per heavy atom. The fourth-order valence-electron chi connectivity index (χ4n) is 2.98. The molecular formula is C22H16BrP. The van der Waals surface area contributed by atoms with E-state index < -0.39 is 7.92 Å². The van der Waals surface area contributed by atoms with Gasteiger partial charge in [-0.25, -0.2) is 0 Å². The highest BCUT2D eigenvalue weighted by Crippen LogP contribution is 2.38. The minimum atomic E-state index is -0.587. The van der Waals surface area contributed by atoms with Crippen molar-refractivity contribution in [2.45, 2.75) is 0 Å². The Morgan fingerprint density at radius 2 is 1.08 bits per heavy atom. The van der Waals surface area contributed by atoms with Crippen LogP contribution in [0.2, 0.25) is 0 Å². The van der Waals surface area contributed by atoms with Crippen LogP contribution < -0.4 is 15.9 Å². The van der Waals surface area contributed by atoms with E-state index in [-0.39, 0.29) is 0 Å². The van der Waals surface area contributed by atoms with E-state index in [0.29, 0.717) is 0 Å². The molecule has 0 radical (unpaired) electrons. The molecule has 0 heterocycles. The Balaban J connectivity index is 1.96. The Kier molecular flexibility index (Phi) is 4.47. The van der Waals surface area contributed by atoms with Gasteiger partial charge in [-0.3, -0.25) is 0 Å². The number of hydrogen-bond donors (Lipinski definition) is 0. The Bertz CT molecular complexity index is 925. The van der Waals surface area contributed by atoms with Gasteiger partial charge < -0.3 is 0 Å². The highest BCUT2D eigenvalue weighted by atomic mass is 79.9. The molecule has 0 aromatic heterocycles. The maximum absolute atomic E-state index is 3.89. The first-order valence-electron chi connectivity index (χ1n) is 7.92. The molecule has 0 N–H and O–H groups in total. The van der Waals surface area contributed by atoms with Crippen molar-refractivity contribution in [3.05, 3.63) is 102 Å². The van der Waals surface area contributed by atoms with E-state index in [4.69, 9.17) is 0 Å². The van der Waals surface area contributed by atoms with E-state index in [1.165, 1.54) is 31.2 Å². The second-order valence-corrected chi connectivity index (χ2v) is 8.60. The summed E-state index contributed by atoms with van der Waals surface area (Å²) in [5.74, 6) is 0. The molecule has 0 saturated heterocycles. The standard InChI is InChI=1S/C22H16BrP/c23-22-20-14-8-7-9-17(20)15-16-21(22)24(18-10-3-1-4-11-18)19-12-5-2-6-13-19/h1-16H. The predicted octanol–water partition coefficient (Wildman–Crippen LogP) is 5.36. The van der Waals surface area contributed by atoms with E-state index in [0.717, 1.165) is 0 Å². The molecule has 0 aliphatic heterocycles. The second-order valence-electron chi connectivity index (χ2n) is 5.63. The maximum atomic E-state index is 3.89. The lowest BCUT2D eigenvalue weighted by Crippen LogP contribution is -2.21. The summed E-state index contributed by atoms with van der Waals surface area (Å²) in [4.78, 5) is 0. The third-order valence-electron chi connectivity index (χ3n) is 4.11. The molecule has 0 unspecified atom stereocenters. The van der Waals surface area contributed by atoms with Gasteiger partial charge in [-0.15, -0.1) is 0 Å². The zero-order valence-electron chi connectivity index (χ0n) is 13.1. The summed E-state index contributed by atoms with van der Waals surface area (Å²) in [6, 6.07) is 34.7. The third-order valence-corrected chi connectivity index (χ3v) is 7.76. The van der Waals surface area contributed by atoms with Gasteiger partial charge in [-0.2, -0.15) is 0 Å². The van der Waals surface area contributed by atoms with Crippen LogP contribution in [0.5, 0.6) is 0 Å². The predicted molar refractivity (Wildman–Crippen MR) is 110 cm³/mol. The molecule has 0 bridgehead atoms. The first kappa shape index (κ1) is 15.6. The lowest BCUT2D eigenvalue weighted by Gasteiger charge is -2.21. The summed E-state index contributed by atoms with van der Waals surface area (Å²) in [6.45, 7) is 0. The SMILES string of the molecule is Brc1c(P(c2ccccc2)c2ccccc2)ccc2ccccc12. The highest BCUT2D eigenvalue weighted by Gasteiger charge is 2.19. The second kappa shape index (κ2) is 6.89. The van der Waals surface area contributed by atoms with Crippen molar-refractivity contribution >= 4 is 50.5 Å². The van der Waals surface area contributed by atoms with Crippen LogP contribution in [-0.2, 0) is 0 Å². The van der Waals surface area contributed by atoms with E-state index in [1.54, 1.807) is 0 Å². The molecule has 4 rings (SSSR count). The average molecular weight is 391 g/mol. The monoisotopic (exact) mass is 390 g/mol. The van der Waals surface area contributed by atoms with Crippen LogP contribution in [0.1, 0.15) is 0 Å². The molecule has 4 aromatic rings. The zero-order chi connectivity index (χ0) is 16.4. The van der Waals surface area contributed by atoms with E-state index in [9.17, 15) is 0 Å². The molecule has 0 saturated carbocycles. The smallest absolute Gasteiger partial charge is 0.0337 e. The molecule has 116 valence electrons. The van der Waals surface area contributed by atoms with Gasteiger partial charge in [0.15, 0.2) is 0 Å². The van der Waals surface area contributed by atoms with Crippen LogP contribution in [0.15, 0.2) is 102 Å². The van der Waals surface area contributed by atoms with Gasteiger partial charge in [0.25, 0.3) is 0 Å². The van der Waals surface area contributed by atoms with Crippen molar-refractivity contribution in [3.8, 4) is 0 Å². The molecule has 0 nitrogen and oxygen atoms in total. The Morgan fingerprint density at radius 1 is 0.542 bits per heavy atom. The topological polar surface area (TPSA) is 0 Å². The molecule has 0 aliphatic carbocycles. The van der Waals surface area contributed by atoms with Gasteiger partial charge in [0.2, 0.25) is 0 Å². The van der Waals surface area contributed by atoms with Gasteiger partial charge in [0, 0.05) is 4.47 Å². The quantitative estimate of drug-likeness (QED) is 0.413. The van der Waals surface area contributed by atoms with Gasteiger partial charge in [-0.05, 0) is 50.5 Å². The van der Waals surface area contributed by atoms with Gasteiger partial charge in [0.05, 0.1) is 0 Å². The van der Waals surface area contributed by atoms with Crippen molar-refractivity contribution in [1.82, 2.24) is 0 Å². The van der Waals surface area contributed by atoms with Crippen LogP contribution in [0, 0.1) is 0 Å². The van der Waals surface area contributed by atoms with Crippen molar-refractivity contribution in [2.75, 3.05) is 0 Å². The first-order valence-corrected chi connectivity index (χ1v) is 10.1. The minimum absolute atomic E-state index is 0.587. The largest absolute Gasteiger partial charge is 0.0622 e. The van der Waals surface area contributed by atoms with Crippen LogP contribution in [0.4, 0.5) is 0 Å². The van der Waals surface area contributed by atoms with E-state index in [2.05, 4.69) is 113 Å². The lowest BCUT2D eigenvalue weighted by atomic mass is 10.1. The lowest BCUT2D eigenvalue weighted by molar-refractivity contribution is 1.73. The molecule has 2 heteroatoms. The third kappa shape index (κ3) is 2.90. The summed E-state index contributed by atoms with van der Waals surface area (Å²) in [6.07, 6.45) is 0. The van der Waals surface area contributed by atoms with Crippen LogP contribution in [-0.4, -0.2) is 0 Å². The van der Waals surface area contributed by atoms with Gasteiger partial charge in [-0.1, -0.05) is 97.1 Å². The molecule has 0 spiro atoms. The molecule has 24 heavy (non-hydrogen) atoms. The van der Waals surface area contributed by atoms with E-state index >= 15 is 0 Å². The summed E-state index contributed by atoms with van der Waals surface area (Å²) in [5.41, 5.74) is 0. The number of halogens is 1. The van der Waals surface area contributed by atoms with Crippen LogP contribution in [0.3, 0.4) is 0 Å². The fourth-order valence-corrected chi connectivity index (χ4v) is 6.34. The molecule has 4 aromatic carbocycles. The average Bonchev–Trinajstić information content (AvgIpc) is 2.66. The molecule has 0 aliphatic rings. The minimum Gasteiger partial charge on any atom is -0.0622 e. The maximum Gasteiger partial charge on any atom is 0.0337 e. The van der Waals surface area contributed by atoms with Crippen molar-refractivity contribution in [1.29, 1.82) is 0 Å². The number of hydrogen-bond acceptors (Lipinski definition) is 0. The number of rotatable bonds is 3. The summed E-state index contributed by atoms with van der Waals surface area (Å²) < 4.78 is 1.21. The summed E-state index contributed by atoms with van der Waals surface area (Å²) in [7, 11) is -0.587. The highest BCUT2D eigenvalue weighted by molar-refractivity contribution is 9.11. The van der Waals surface area contributed by atoms with Crippen molar-refractivity contribution in [3.63, 3.8) is 0 Å². The number of benzene rings is 4. The summed E-state index contributed by atoms with van der Waals surface area (Å²) >= 11 is 3.89.